The molecule has 4 heterocycles. The number of aromatic nitrogens is 2. The third kappa shape index (κ3) is 3.90. The van der Waals surface area contributed by atoms with Crippen LogP contribution in [0.4, 0.5) is 4.79 Å². The summed E-state index contributed by atoms with van der Waals surface area (Å²) in [5, 5.41) is -0.421. The minimum Gasteiger partial charge on any atom is -0.378 e. The second-order valence-electron chi connectivity index (χ2n) is 7.13. The Morgan fingerprint density at radius 2 is 1.90 bits per heavy atom. The number of carbonyl (C=O) groups excluding carboxylic acids is 3. The normalized spacial score (nSPS) is 18.5. The highest BCUT2D eigenvalue weighted by molar-refractivity contribution is 8.18. The van der Waals surface area contributed by atoms with Crippen molar-refractivity contribution < 1.29 is 19.1 Å². The van der Waals surface area contributed by atoms with E-state index in [0.717, 1.165) is 39.3 Å². The average molecular weight is 426 g/mol. The van der Waals surface area contributed by atoms with Gasteiger partial charge >= 0.3 is 0 Å². The molecule has 8 nitrogen and oxygen atoms in total. The van der Waals surface area contributed by atoms with E-state index in [1.54, 1.807) is 23.4 Å². The van der Waals surface area contributed by atoms with Crippen LogP contribution in [0.25, 0.3) is 11.8 Å². The first-order valence-corrected chi connectivity index (χ1v) is 10.5. The van der Waals surface area contributed by atoms with Crippen molar-refractivity contribution in [3.05, 3.63) is 52.4 Å². The summed E-state index contributed by atoms with van der Waals surface area (Å²) in [6.45, 7) is 5.61. The molecule has 3 amide bonds. The maximum atomic E-state index is 12.8. The molecule has 2 aromatic heterocycles. The molecule has 0 aliphatic carbocycles. The highest BCUT2D eigenvalue weighted by Crippen LogP contribution is 2.33. The molecule has 2 aliphatic heterocycles. The van der Waals surface area contributed by atoms with Gasteiger partial charge in [-0.15, -0.1) is 0 Å². The number of aryl methyl sites for hydroxylation is 1. The fourth-order valence-corrected chi connectivity index (χ4v) is 4.48. The van der Waals surface area contributed by atoms with Gasteiger partial charge in [0.25, 0.3) is 11.1 Å². The van der Waals surface area contributed by atoms with E-state index in [1.807, 2.05) is 32.0 Å². The van der Waals surface area contributed by atoms with Crippen LogP contribution >= 0.6 is 11.8 Å². The lowest BCUT2D eigenvalue weighted by Crippen LogP contribution is -2.46. The van der Waals surface area contributed by atoms with E-state index in [-0.39, 0.29) is 12.5 Å². The van der Waals surface area contributed by atoms with E-state index >= 15 is 0 Å². The third-order valence-corrected chi connectivity index (χ3v) is 6.12. The lowest BCUT2D eigenvalue weighted by atomic mass is 10.2. The van der Waals surface area contributed by atoms with Crippen molar-refractivity contribution in [1.29, 1.82) is 0 Å². The first-order valence-electron chi connectivity index (χ1n) is 9.66. The first-order chi connectivity index (χ1) is 14.5. The van der Waals surface area contributed by atoms with Crippen LogP contribution in [0.3, 0.4) is 0 Å². The van der Waals surface area contributed by atoms with Gasteiger partial charge in [-0.25, -0.2) is 0 Å². The molecule has 0 N–H and O–H groups in total. The summed E-state index contributed by atoms with van der Waals surface area (Å²) in [5.41, 5.74) is 3.79. The fraction of sp³-hybridized carbons (Fsp3) is 0.333. The summed E-state index contributed by atoms with van der Waals surface area (Å²) in [6, 6.07) is 5.80. The van der Waals surface area contributed by atoms with E-state index in [4.69, 9.17) is 4.74 Å². The summed E-state index contributed by atoms with van der Waals surface area (Å²) in [6.07, 6.45) is 5.18. The van der Waals surface area contributed by atoms with Crippen LogP contribution in [-0.2, 0) is 14.3 Å². The second kappa shape index (κ2) is 8.45. The molecule has 0 unspecified atom stereocenters. The van der Waals surface area contributed by atoms with Gasteiger partial charge in [0.05, 0.1) is 18.1 Å². The Morgan fingerprint density at radius 1 is 1.20 bits per heavy atom. The van der Waals surface area contributed by atoms with Crippen molar-refractivity contribution in [3.8, 4) is 5.69 Å². The Hall–Kier alpha value is -2.91. The van der Waals surface area contributed by atoms with Crippen LogP contribution in [-0.4, -0.2) is 69.3 Å². The molecule has 2 aliphatic rings. The molecule has 0 aromatic carbocycles. The highest BCUT2D eigenvalue weighted by Gasteiger charge is 2.37. The molecule has 0 bridgehead atoms. The molecule has 0 atom stereocenters. The molecule has 156 valence electrons. The number of amides is 3. The Kier molecular flexibility index (Phi) is 5.74. The largest absolute Gasteiger partial charge is 0.378 e. The summed E-state index contributed by atoms with van der Waals surface area (Å²) in [5.74, 6) is -0.668. The number of morpholine rings is 1. The van der Waals surface area contributed by atoms with Gasteiger partial charge < -0.3 is 14.2 Å². The van der Waals surface area contributed by atoms with Gasteiger partial charge in [-0.2, -0.15) is 0 Å². The van der Waals surface area contributed by atoms with E-state index in [0.29, 0.717) is 31.2 Å². The fourth-order valence-electron chi connectivity index (χ4n) is 3.65. The summed E-state index contributed by atoms with van der Waals surface area (Å²) < 4.78 is 7.31. The predicted molar refractivity (Wildman–Crippen MR) is 113 cm³/mol. The topological polar surface area (TPSA) is 84.7 Å². The Balaban J connectivity index is 1.54. The zero-order chi connectivity index (χ0) is 21.3. The molecular formula is C21H22N4O4S. The van der Waals surface area contributed by atoms with Gasteiger partial charge in [-0.05, 0) is 55.4 Å². The van der Waals surface area contributed by atoms with Crippen molar-refractivity contribution in [2.24, 2.45) is 0 Å². The number of hydrogen-bond donors (Lipinski definition) is 0. The van der Waals surface area contributed by atoms with E-state index in [1.165, 1.54) is 0 Å². The second-order valence-corrected chi connectivity index (χ2v) is 8.12. The minimum atomic E-state index is -0.430. The van der Waals surface area contributed by atoms with Gasteiger partial charge in [-0.1, -0.05) is 0 Å². The molecule has 2 aromatic rings. The van der Waals surface area contributed by atoms with Gasteiger partial charge in [0.15, 0.2) is 0 Å². The molecule has 2 fully saturated rings. The standard InChI is InChI=1S/C21H22N4O4S/c1-14-11-16(15(2)25(14)17-3-5-22-6-4-17)12-18-20(27)24(21(28)30-18)13-19(26)23-7-9-29-10-8-23/h3-6,11-12H,7-10,13H2,1-2H3. The van der Waals surface area contributed by atoms with Gasteiger partial charge in [-0.3, -0.25) is 24.3 Å². The van der Waals surface area contributed by atoms with Gasteiger partial charge in [0.2, 0.25) is 5.91 Å². The van der Waals surface area contributed by atoms with Crippen LogP contribution in [0.2, 0.25) is 0 Å². The van der Waals surface area contributed by atoms with Gasteiger partial charge in [0, 0.05) is 42.6 Å². The number of rotatable bonds is 4. The molecular weight excluding hydrogens is 404 g/mol. The monoisotopic (exact) mass is 426 g/mol. The number of pyridine rings is 1. The number of carbonyl (C=O) groups is 3. The molecule has 30 heavy (non-hydrogen) atoms. The van der Waals surface area contributed by atoms with E-state index in [9.17, 15) is 14.4 Å². The van der Waals surface area contributed by atoms with Gasteiger partial charge in [0.1, 0.15) is 6.54 Å². The van der Waals surface area contributed by atoms with Crippen molar-refractivity contribution in [3.63, 3.8) is 0 Å². The van der Waals surface area contributed by atoms with Crippen molar-refractivity contribution in [1.82, 2.24) is 19.4 Å². The summed E-state index contributed by atoms with van der Waals surface area (Å²) >= 11 is 0.869. The average Bonchev–Trinajstić information content (AvgIpc) is 3.18. The Labute approximate surface area is 178 Å². The summed E-state index contributed by atoms with van der Waals surface area (Å²) in [7, 11) is 0. The lowest BCUT2D eigenvalue weighted by Gasteiger charge is -2.28. The minimum absolute atomic E-state index is 0.238. The van der Waals surface area contributed by atoms with E-state index < -0.39 is 11.1 Å². The van der Waals surface area contributed by atoms with Crippen LogP contribution in [0.1, 0.15) is 17.0 Å². The molecule has 0 saturated carbocycles. The molecule has 0 spiro atoms. The smallest absolute Gasteiger partial charge is 0.294 e. The summed E-state index contributed by atoms with van der Waals surface area (Å²) in [4.78, 5) is 44.7. The zero-order valence-corrected chi connectivity index (χ0v) is 17.6. The lowest BCUT2D eigenvalue weighted by molar-refractivity contribution is -0.139. The van der Waals surface area contributed by atoms with Crippen LogP contribution in [0.5, 0.6) is 0 Å². The van der Waals surface area contributed by atoms with Crippen molar-refractivity contribution >= 4 is 34.9 Å². The maximum Gasteiger partial charge on any atom is 0.294 e. The Bertz CT molecular complexity index is 1030. The molecule has 0 radical (unpaired) electrons. The quantitative estimate of drug-likeness (QED) is 0.698. The predicted octanol–water partition coefficient (Wildman–Crippen LogP) is 2.38. The first kappa shape index (κ1) is 20.4. The molecule has 9 heteroatoms. The Morgan fingerprint density at radius 3 is 2.60 bits per heavy atom. The SMILES string of the molecule is Cc1cc(C=C2SC(=O)N(CC(=O)N3CCOCC3)C2=O)c(C)n1-c1ccncc1. The number of hydrogen-bond acceptors (Lipinski definition) is 6. The molecule has 4 rings (SSSR count). The zero-order valence-electron chi connectivity index (χ0n) is 16.8. The number of nitrogens with zero attached hydrogens (tertiary/aromatic N) is 4. The van der Waals surface area contributed by atoms with Crippen LogP contribution < -0.4 is 0 Å². The maximum absolute atomic E-state index is 12.8. The van der Waals surface area contributed by atoms with Crippen LogP contribution in [0.15, 0.2) is 35.5 Å². The third-order valence-electron chi connectivity index (χ3n) is 5.21. The highest BCUT2D eigenvalue weighted by atomic mass is 32.2. The number of imide groups is 1. The molecule has 2 saturated heterocycles. The van der Waals surface area contributed by atoms with Crippen molar-refractivity contribution in [2.45, 2.75) is 13.8 Å². The number of thioether (sulfide) groups is 1. The van der Waals surface area contributed by atoms with E-state index in [2.05, 4.69) is 9.55 Å². The van der Waals surface area contributed by atoms with Crippen molar-refractivity contribution in [2.75, 3.05) is 32.8 Å². The van der Waals surface area contributed by atoms with Crippen LogP contribution in [0, 0.1) is 13.8 Å². The number of ether oxygens (including phenoxy) is 1.